The monoisotopic (exact) mass is 257 g/mol. The molecule has 0 saturated heterocycles. The van der Waals surface area contributed by atoms with Crippen LogP contribution in [-0.4, -0.2) is 30.0 Å². The van der Waals surface area contributed by atoms with Crippen LogP contribution >= 0.6 is 11.5 Å². The molecule has 0 atom stereocenters. The Labute approximate surface area is 106 Å². The molecule has 0 aliphatic carbocycles. The fourth-order valence-electron chi connectivity index (χ4n) is 1.33. The maximum atomic E-state index is 11.7. The Bertz CT molecular complexity index is 415. The molecule has 0 aliphatic rings. The molecule has 6 heteroatoms. The lowest BCUT2D eigenvalue weighted by Gasteiger charge is -2.35. The molecule has 0 spiro atoms. The minimum atomic E-state index is -0.440. The van der Waals surface area contributed by atoms with Crippen LogP contribution in [0.4, 0.5) is 10.8 Å². The molecule has 1 aromatic heterocycles. The summed E-state index contributed by atoms with van der Waals surface area (Å²) in [5.41, 5.74) is 6.01. The van der Waals surface area contributed by atoms with Crippen molar-refractivity contribution in [3.05, 3.63) is 5.56 Å². The molecule has 96 valence electrons. The normalized spacial score (nSPS) is 11.4. The van der Waals surface area contributed by atoms with E-state index in [0.717, 1.165) is 11.4 Å². The number of nitrogens with zero attached hydrogens (tertiary/aromatic N) is 2. The summed E-state index contributed by atoms with van der Waals surface area (Å²) in [4.78, 5) is 13.7. The highest BCUT2D eigenvalue weighted by Gasteiger charge is 2.29. The number of esters is 1. The number of rotatable bonds is 4. The zero-order valence-electron chi connectivity index (χ0n) is 10.9. The Morgan fingerprint density at radius 3 is 2.65 bits per heavy atom. The van der Waals surface area contributed by atoms with E-state index in [-0.39, 0.29) is 11.4 Å². The highest BCUT2D eigenvalue weighted by atomic mass is 32.1. The number of hydrogen-bond acceptors (Lipinski definition) is 6. The summed E-state index contributed by atoms with van der Waals surface area (Å²) in [6.45, 7) is 6.30. The van der Waals surface area contributed by atoms with Crippen LogP contribution in [0, 0.1) is 0 Å². The first-order valence-electron chi connectivity index (χ1n) is 5.42. The standard InChI is InChI=1S/C11H19N3O2S/c1-6-11(2,3)14(4)9-7(10(15)16-5)8(12)13-17-9/h6H2,1-5H3,(H2,12,13). The molecule has 0 aliphatic heterocycles. The predicted octanol–water partition coefficient (Wildman–Crippen LogP) is 2.14. The van der Waals surface area contributed by atoms with Gasteiger partial charge in [0.1, 0.15) is 10.6 Å². The first-order chi connectivity index (χ1) is 7.85. The number of ether oxygens (including phenoxy) is 1. The second-order valence-corrected chi connectivity index (χ2v) is 5.22. The van der Waals surface area contributed by atoms with Crippen molar-refractivity contribution in [3.63, 3.8) is 0 Å². The molecule has 2 N–H and O–H groups in total. The van der Waals surface area contributed by atoms with Crippen LogP contribution in [0.2, 0.25) is 0 Å². The average Bonchev–Trinajstić information content (AvgIpc) is 2.69. The average molecular weight is 257 g/mol. The summed E-state index contributed by atoms with van der Waals surface area (Å²) in [5, 5.41) is 0.751. The minimum absolute atomic E-state index is 0.0677. The summed E-state index contributed by atoms with van der Waals surface area (Å²) in [6, 6.07) is 0. The second-order valence-electron chi connectivity index (χ2n) is 4.46. The third kappa shape index (κ3) is 2.52. The van der Waals surface area contributed by atoms with E-state index >= 15 is 0 Å². The van der Waals surface area contributed by atoms with Crippen molar-refractivity contribution in [1.82, 2.24) is 4.37 Å². The van der Waals surface area contributed by atoms with Crippen molar-refractivity contribution in [1.29, 1.82) is 0 Å². The van der Waals surface area contributed by atoms with Gasteiger partial charge in [0, 0.05) is 12.6 Å². The molecular formula is C11H19N3O2S. The molecule has 1 heterocycles. The molecule has 0 saturated carbocycles. The Morgan fingerprint density at radius 2 is 2.18 bits per heavy atom. The Balaban J connectivity index is 3.19. The van der Waals surface area contributed by atoms with Crippen molar-refractivity contribution < 1.29 is 9.53 Å². The van der Waals surface area contributed by atoms with E-state index in [2.05, 4.69) is 25.1 Å². The Hall–Kier alpha value is -1.30. The quantitative estimate of drug-likeness (QED) is 0.837. The number of methoxy groups -OCH3 is 1. The largest absolute Gasteiger partial charge is 0.465 e. The smallest absolute Gasteiger partial charge is 0.344 e. The molecule has 0 bridgehead atoms. The molecular weight excluding hydrogens is 238 g/mol. The lowest BCUT2D eigenvalue weighted by Crippen LogP contribution is -2.40. The zero-order valence-corrected chi connectivity index (χ0v) is 11.7. The first kappa shape index (κ1) is 13.8. The summed E-state index contributed by atoms with van der Waals surface area (Å²) < 4.78 is 8.77. The SMILES string of the molecule is CCC(C)(C)N(C)c1snc(N)c1C(=O)OC. The van der Waals surface area contributed by atoms with E-state index in [9.17, 15) is 4.79 Å². The van der Waals surface area contributed by atoms with Gasteiger partial charge in [0.2, 0.25) is 0 Å². The number of nitrogens with two attached hydrogens (primary N) is 1. The van der Waals surface area contributed by atoms with E-state index in [1.165, 1.54) is 18.6 Å². The molecule has 0 radical (unpaired) electrons. The van der Waals surface area contributed by atoms with Gasteiger partial charge >= 0.3 is 5.97 Å². The summed E-state index contributed by atoms with van der Waals surface area (Å²) in [7, 11) is 3.27. The number of anilines is 2. The topological polar surface area (TPSA) is 68.5 Å². The molecule has 0 unspecified atom stereocenters. The minimum Gasteiger partial charge on any atom is -0.465 e. The van der Waals surface area contributed by atoms with Gasteiger partial charge in [-0.25, -0.2) is 4.79 Å². The van der Waals surface area contributed by atoms with E-state index in [4.69, 9.17) is 10.5 Å². The third-order valence-electron chi connectivity index (χ3n) is 3.17. The highest BCUT2D eigenvalue weighted by Crippen LogP contribution is 2.35. The van der Waals surface area contributed by atoms with Gasteiger partial charge in [-0.3, -0.25) is 0 Å². The van der Waals surface area contributed by atoms with Crippen LogP contribution in [0.1, 0.15) is 37.6 Å². The number of nitrogen functional groups attached to an aromatic ring is 1. The summed E-state index contributed by atoms with van der Waals surface area (Å²) in [6.07, 6.45) is 0.946. The van der Waals surface area contributed by atoms with Gasteiger partial charge in [0.25, 0.3) is 0 Å². The van der Waals surface area contributed by atoms with Gasteiger partial charge < -0.3 is 15.4 Å². The molecule has 0 amide bonds. The Kier molecular flexibility index (Phi) is 3.98. The predicted molar refractivity (Wildman–Crippen MR) is 70.6 cm³/mol. The van der Waals surface area contributed by atoms with Crippen molar-refractivity contribution in [2.24, 2.45) is 0 Å². The number of carbonyl (C=O) groups excluding carboxylic acids is 1. The number of carbonyl (C=O) groups is 1. The lowest BCUT2D eigenvalue weighted by atomic mass is 10.00. The van der Waals surface area contributed by atoms with Gasteiger partial charge in [-0.05, 0) is 31.8 Å². The first-order valence-corrected chi connectivity index (χ1v) is 6.19. The number of hydrogen-bond donors (Lipinski definition) is 1. The number of aromatic nitrogens is 1. The van der Waals surface area contributed by atoms with Crippen molar-refractivity contribution in [2.45, 2.75) is 32.7 Å². The van der Waals surface area contributed by atoms with Gasteiger partial charge in [-0.15, -0.1) is 0 Å². The van der Waals surface area contributed by atoms with Crippen LogP contribution in [0.25, 0.3) is 0 Å². The van der Waals surface area contributed by atoms with E-state index in [0.29, 0.717) is 5.56 Å². The third-order valence-corrected chi connectivity index (χ3v) is 4.11. The van der Waals surface area contributed by atoms with Gasteiger partial charge in [-0.2, -0.15) is 4.37 Å². The van der Waals surface area contributed by atoms with Crippen LogP contribution in [-0.2, 0) is 4.74 Å². The van der Waals surface area contributed by atoms with E-state index < -0.39 is 5.97 Å². The van der Waals surface area contributed by atoms with Gasteiger partial charge in [0.15, 0.2) is 5.82 Å². The van der Waals surface area contributed by atoms with E-state index in [1.54, 1.807) is 0 Å². The molecule has 0 aromatic carbocycles. The van der Waals surface area contributed by atoms with Crippen molar-refractivity contribution in [2.75, 3.05) is 24.8 Å². The van der Waals surface area contributed by atoms with Crippen LogP contribution < -0.4 is 10.6 Å². The Morgan fingerprint density at radius 1 is 1.59 bits per heavy atom. The van der Waals surface area contributed by atoms with Crippen molar-refractivity contribution in [3.8, 4) is 0 Å². The molecule has 0 fully saturated rings. The van der Waals surface area contributed by atoms with Gasteiger partial charge in [-0.1, -0.05) is 6.92 Å². The van der Waals surface area contributed by atoms with E-state index in [1.807, 2.05) is 11.9 Å². The summed E-state index contributed by atoms with van der Waals surface area (Å²) >= 11 is 1.22. The molecule has 5 nitrogen and oxygen atoms in total. The fraction of sp³-hybridized carbons (Fsp3) is 0.636. The van der Waals surface area contributed by atoms with Crippen LogP contribution in [0.5, 0.6) is 0 Å². The lowest BCUT2D eigenvalue weighted by molar-refractivity contribution is 0.0603. The maximum Gasteiger partial charge on any atom is 0.344 e. The van der Waals surface area contributed by atoms with Crippen LogP contribution in [0.3, 0.4) is 0 Å². The summed E-state index contributed by atoms with van der Waals surface area (Å²) in [5.74, 6) is -0.208. The zero-order chi connectivity index (χ0) is 13.2. The highest BCUT2D eigenvalue weighted by molar-refractivity contribution is 7.11. The fourth-order valence-corrected chi connectivity index (χ4v) is 2.25. The van der Waals surface area contributed by atoms with Crippen LogP contribution in [0.15, 0.2) is 0 Å². The van der Waals surface area contributed by atoms with Gasteiger partial charge in [0.05, 0.1) is 7.11 Å². The maximum absolute atomic E-state index is 11.7. The molecule has 17 heavy (non-hydrogen) atoms. The molecule has 1 aromatic rings. The van der Waals surface area contributed by atoms with Crippen molar-refractivity contribution >= 4 is 28.3 Å². The molecule has 1 rings (SSSR count). The second kappa shape index (κ2) is 4.91.